The van der Waals surface area contributed by atoms with Gasteiger partial charge in [0, 0.05) is 18.2 Å². The number of primary amides is 1. The highest BCUT2D eigenvalue weighted by atomic mass is 16.6. The Morgan fingerprint density at radius 2 is 1.70 bits per heavy atom. The molecular weight excluding hydrogens is 508 g/mol. The number of anilines is 1. The first kappa shape index (κ1) is 30.7. The van der Waals surface area contributed by atoms with Crippen LogP contribution < -0.4 is 16.4 Å². The molecule has 3 rings (SSSR count). The molecule has 4 amide bonds. The molecule has 2 aromatic rings. The second-order valence-electron chi connectivity index (χ2n) is 11.8. The van der Waals surface area contributed by atoms with Crippen molar-refractivity contribution in [3.05, 3.63) is 64.7 Å². The van der Waals surface area contributed by atoms with Gasteiger partial charge in [-0.25, -0.2) is 4.79 Å². The third-order valence-corrected chi connectivity index (χ3v) is 7.00. The molecule has 1 aliphatic rings. The minimum atomic E-state index is -1.12. The minimum Gasteiger partial charge on any atom is -0.444 e. The van der Waals surface area contributed by atoms with Crippen molar-refractivity contribution in [1.82, 2.24) is 10.2 Å². The Kier molecular flexibility index (Phi) is 9.60. The molecule has 1 aliphatic carbocycles. The summed E-state index contributed by atoms with van der Waals surface area (Å²) < 4.78 is 5.40. The molecule has 4 unspecified atom stereocenters. The van der Waals surface area contributed by atoms with Crippen LogP contribution in [-0.4, -0.2) is 46.4 Å². The minimum absolute atomic E-state index is 0.0238. The van der Waals surface area contributed by atoms with Crippen molar-refractivity contribution in [3.63, 3.8) is 0 Å². The van der Waals surface area contributed by atoms with Crippen molar-refractivity contribution < 1.29 is 23.9 Å². The van der Waals surface area contributed by atoms with Crippen molar-refractivity contribution >= 4 is 29.5 Å². The van der Waals surface area contributed by atoms with Gasteiger partial charge in [-0.05, 0) is 83.1 Å². The topological polar surface area (TPSA) is 131 Å². The standard InChI is InChI=1S/C31H42N4O5/c1-18-12-13-22(20(3)16-18)27(28(37)33-23-11-9-8-10-19(23)2)35(25-17-21(25)4)29(38)24(14-15-26(32)36)34-30(39)40-31(5,6)7/h8-13,16,21,24-25,27H,14-15,17H2,1-7H3,(H2,32,36)(H,33,37)(H,34,39). The zero-order valence-electron chi connectivity index (χ0n) is 24.5. The highest BCUT2D eigenvalue weighted by molar-refractivity contribution is 6.00. The van der Waals surface area contributed by atoms with E-state index in [1.165, 1.54) is 0 Å². The molecule has 0 heterocycles. The summed E-state index contributed by atoms with van der Waals surface area (Å²) in [5.74, 6) is -1.27. The third-order valence-electron chi connectivity index (χ3n) is 7.00. The van der Waals surface area contributed by atoms with Gasteiger partial charge in [-0.3, -0.25) is 14.4 Å². The molecular formula is C31H42N4O5. The van der Waals surface area contributed by atoms with E-state index in [-0.39, 0.29) is 30.7 Å². The molecule has 1 fully saturated rings. The maximum atomic E-state index is 14.3. The summed E-state index contributed by atoms with van der Waals surface area (Å²) >= 11 is 0. The first-order valence-corrected chi connectivity index (χ1v) is 13.7. The monoisotopic (exact) mass is 550 g/mol. The van der Waals surface area contributed by atoms with Crippen LogP contribution in [-0.2, 0) is 19.1 Å². The Hall–Kier alpha value is -3.88. The molecule has 216 valence electrons. The second kappa shape index (κ2) is 12.5. The van der Waals surface area contributed by atoms with Crippen LogP contribution >= 0.6 is 0 Å². The van der Waals surface area contributed by atoms with Gasteiger partial charge in [-0.2, -0.15) is 0 Å². The number of amides is 4. The zero-order valence-corrected chi connectivity index (χ0v) is 24.5. The Bertz CT molecular complexity index is 1270. The molecule has 9 nitrogen and oxygen atoms in total. The highest BCUT2D eigenvalue weighted by Gasteiger charge is 2.48. The van der Waals surface area contributed by atoms with Gasteiger partial charge in [-0.15, -0.1) is 0 Å². The van der Waals surface area contributed by atoms with Crippen LogP contribution in [0.15, 0.2) is 42.5 Å². The van der Waals surface area contributed by atoms with Gasteiger partial charge in [0.1, 0.15) is 17.7 Å². The number of rotatable bonds is 10. The fraction of sp³-hybridized carbons (Fsp3) is 0.484. The normalized spacial score (nSPS) is 17.8. The van der Waals surface area contributed by atoms with Crippen LogP contribution in [0.1, 0.15) is 75.3 Å². The summed E-state index contributed by atoms with van der Waals surface area (Å²) in [4.78, 5) is 54.4. The SMILES string of the molecule is Cc1ccc(C(C(=O)Nc2ccccc2C)N(C(=O)C(CCC(N)=O)NC(=O)OC(C)(C)C)C2CC2C)c(C)c1. The van der Waals surface area contributed by atoms with Crippen molar-refractivity contribution in [2.75, 3.05) is 5.32 Å². The fourth-order valence-corrected chi connectivity index (χ4v) is 4.81. The molecule has 0 aliphatic heterocycles. The van der Waals surface area contributed by atoms with Gasteiger partial charge in [0.15, 0.2) is 0 Å². The average Bonchev–Trinajstić information content (AvgIpc) is 3.56. The summed E-state index contributed by atoms with van der Waals surface area (Å²) in [7, 11) is 0. The number of carbonyl (C=O) groups is 4. The number of nitrogens with one attached hydrogen (secondary N) is 2. The molecule has 0 spiro atoms. The zero-order chi connectivity index (χ0) is 29.8. The molecule has 2 aromatic carbocycles. The number of para-hydroxylation sites is 1. The number of aryl methyl sites for hydroxylation is 3. The van der Waals surface area contributed by atoms with Crippen LogP contribution in [0.2, 0.25) is 0 Å². The molecule has 0 bridgehead atoms. The molecule has 9 heteroatoms. The van der Waals surface area contributed by atoms with Crippen LogP contribution in [0.3, 0.4) is 0 Å². The Morgan fingerprint density at radius 1 is 1.05 bits per heavy atom. The largest absolute Gasteiger partial charge is 0.444 e. The fourth-order valence-electron chi connectivity index (χ4n) is 4.81. The lowest BCUT2D eigenvalue weighted by Crippen LogP contribution is -2.53. The van der Waals surface area contributed by atoms with Crippen LogP contribution in [0.4, 0.5) is 10.5 Å². The number of ether oxygens (including phenoxy) is 1. The van der Waals surface area contributed by atoms with Gasteiger partial charge >= 0.3 is 6.09 Å². The van der Waals surface area contributed by atoms with E-state index in [4.69, 9.17) is 10.5 Å². The number of benzene rings is 2. The van der Waals surface area contributed by atoms with Gasteiger partial charge in [-0.1, -0.05) is 48.9 Å². The van der Waals surface area contributed by atoms with Gasteiger partial charge < -0.3 is 26.0 Å². The van der Waals surface area contributed by atoms with Gasteiger partial charge in [0.2, 0.25) is 11.8 Å². The lowest BCUT2D eigenvalue weighted by atomic mass is 9.95. The van der Waals surface area contributed by atoms with Crippen molar-refractivity contribution in [2.45, 2.75) is 91.5 Å². The number of nitrogens with zero attached hydrogens (tertiary/aromatic N) is 1. The molecule has 0 radical (unpaired) electrons. The summed E-state index contributed by atoms with van der Waals surface area (Å²) in [6.07, 6.45) is -0.222. The Labute approximate surface area is 236 Å². The van der Waals surface area contributed by atoms with E-state index in [1.54, 1.807) is 25.7 Å². The smallest absolute Gasteiger partial charge is 0.408 e. The molecule has 4 atom stereocenters. The first-order valence-electron chi connectivity index (χ1n) is 13.7. The van der Waals surface area contributed by atoms with Crippen LogP contribution in [0.5, 0.6) is 0 Å². The van der Waals surface area contributed by atoms with Gasteiger partial charge in [0.05, 0.1) is 0 Å². The summed E-state index contributed by atoms with van der Waals surface area (Å²) in [6, 6.07) is 10.9. The first-order chi connectivity index (χ1) is 18.7. The quantitative estimate of drug-likeness (QED) is 0.395. The van der Waals surface area contributed by atoms with Crippen molar-refractivity contribution in [2.24, 2.45) is 11.7 Å². The summed E-state index contributed by atoms with van der Waals surface area (Å²) in [5.41, 5.74) is 8.74. The predicted molar refractivity (Wildman–Crippen MR) is 154 cm³/mol. The Morgan fingerprint density at radius 3 is 2.25 bits per heavy atom. The molecule has 40 heavy (non-hydrogen) atoms. The Balaban J connectivity index is 2.07. The maximum absolute atomic E-state index is 14.3. The van der Waals surface area contributed by atoms with E-state index in [9.17, 15) is 19.2 Å². The van der Waals surface area contributed by atoms with E-state index < -0.39 is 35.6 Å². The number of nitrogens with two attached hydrogens (primary N) is 1. The summed E-state index contributed by atoms with van der Waals surface area (Å²) in [6.45, 7) is 13.0. The van der Waals surface area contributed by atoms with Crippen molar-refractivity contribution in [1.29, 1.82) is 0 Å². The van der Waals surface area contributed by atoms with E-state index in [2.05, 4.69) is 10.6 Å². The molecule has 4 N–H and O–H groups in total. The molecule has 1 saturated carbocycles. The van der Waals surface area contributed by atoms with E-state index >= 15 is 0 Å². The highest BCUT2D eigenvalue weighted by Crippen LogP contribution is 2.42. The van der Waals surface area contributed by atoms with Crippen molar-refractivity contribution in [3.8, 4) is 0 Å². The number of carbonyl (C=O) groups excluding carboxylic acids is 4. The van der Waals surface area contributed by atoms with E-state index in [0.717, 1.165) is 16.7 Å². The van der Waals surface area contributed by atoms with Crippen LogP contribution in [0, 0.1) is 26.7 Å². The van der Waals surface area contributed by atoms with E-state index in [1.807, 2.05) is 70.2 Å². The number of hydrogen-bond acceptors (Lipinski definition) is 5. The maximum Gasteiger partial charge on any atom is 0.408 e. The lowest BCUT2D eigenvalue weighted by molar-refractivity contribution is -0.142. The summed E-state index contributed by atoms with van der Waals surface area (Å²) in [5, 5.41) is 5.67. The molecule has 0 saturated heterocycles. The average molecular weight is 551 g/mol. The second-order valence-corrected chi connectivity index (χ2v) is 11.8. The predicted octanol–water partition coefficient (Wildman–Crippen LogP) is 4.69. The molecule has 0 aromatic heterocycles. The van der Waals surface area contributed by atoms with E-state index in [0.29, 0.717) is 17.7 Å². The lowest BCUT2D eigenvalue weighted by Gasteiger charge is -2.35. The number of alkyl carbamates (subject to hydrolysis) is 1. The van der Waals surface area contributed by atoms with Crippen LogP contribution in [0.25, 0.3) is 0 Å². The number of hydrogen-bond donors (Lipinski definition) is 3. The third kappa shape index (κ3) is 8.07. The van der Waals surface area contributed by atoms with Gasteiger partial charge in [0.25, 0.3) is 5.91 Å².